The lowest BCUT2D eigenvalue weighted by molar-refractivity contribution is 0.0826. The molecule has 4 rings (SSSR count). The second-order valence-electron chi connectivity index (χ2n) is 7.16. The molecule has 4 atom stereocenters. The lowest BCUT2D eigenvalue weighted by Crippen LogP contribution is -2.39. The van der Waals surface area contributed by atoms with Crippen LogP contribution >= 0.6 is 0 Å². The van der Waals surface area contributed by atoms with Gasteiger partial charge in [0.2, 0.25) is 0 Å². The zero-order chi connectivity index (χ0) is 13.7. The zero-order valence-electron chi connectivity index (χ0n) is 12.6. The number of hydrogen-bond acceptors (Lipinski definition) is 1. The Morgan fingerprint density at radius 2 is 2.15 bits per heavy atom. The Morgan fingerprint density at radius 3 is 3.00 bits per heavy atom. The van der Waals surface area contributed by atoms with E-state index in [-0.39, 0.29) is 0 Å². The molecular formula is C19H24O. The van der Waals surface area contributed by atoms with Gasteiger partial charge in [-0.2, -0.15) is 0 Å². The van der Waals surface area contributed by atoms with Crippen LogP contribution in [0.25, 0.3) is 0 Å². The van der Waals surface area contributed by atoms with Gasteiger partial charge in [-0.25, -0.2) is 0 Å². The molecule has 0 amide bonds. The highest BCUT2D eigenvalue weighted by Crippen LogP contribution is 2.58. The van der Waals surface area contributed by atoms with Crippen LogP contribution in [0.1, 0.15) is 49.7 Å². The van der Waals surface area contributed by atoms with Crippen molar-refractivity contribution < 1.29 is 4.74 Å². The van der Waals surface area contributed by atoms with E-state index in [9.17, 15) is 0 Å². The topological polar surface area (TPSA) is 9.23 Å². The smallest absolute Gasteiger partial charge is 0.119 e. The van der Waals surface area contributed by atoms with Gasteiger partial charge in [0.1, 0.15) is 5.75 Å². The van der Waals surface area contributed by atoms with Gasteiger partial charge in [0.05, 0.1) is 7.11 Å². The van der Waals surface area contributed by atoms with Gasteiger partial charge < -0.3 is 4.74 Å². The maximum Gasteiger partial charge on any atom is 0.119 e. The number of methoxy groups -OCH3 is 1. The Balaban J connectivity index is 1.70. The molecule has 106 valence electrons. The van der Waals surface area contributed by atoms with E-state index in [4.69, 9.17) is 4.74 Å². The molecule has 3 aliphatic rings. The first kappa shape index (κ1) is 12.5. The van der Waals surface area contributed by atoms with Crippen LogP contribution in [0, 0.1) is 17.3 Å². The van der Waals surface area contributed by atoms with Crippen molar-refractivity contribution >= 4 is 0 Å². The van der Waals surface area contributed by atoms with Crippen molar-refractivity contribution in [3.05, 3.63) is 41.5 Å². The highest BCUT2D eigenvalue weighted by Gasteiger charge is 2.48. The second-order valence-corrected chi connectivity index (χ2v) is 7.16. The van der Waals surface area contributed by atoms with Gasteiger partial charge in [0.15, 0.2) is 0 Å². The highest BCUT2D eigenvalue weighted by molar-refractivity contribution is 5.41. The van der Waals surface area contributed by atoms with Crippen LogP contribution in [-0.2, 0) is 6.42 Å². The van der Waals surface area contributed by atoms with Crippen molar-refractivity contribution in [1.82, 2.24) is 0 Å². The molecule has 3 aliphatic carbocycles. The van der Waals surface area contributed by atoms with Crippen LogP contribution in [0.5, 0.6) is 5.75 Å². The van der Waals surface area contributed by atoms with Crippen molar-refractivity contribution in [2.24, 2.45) is 17.3 Å². The van der Waals surface area contributed by atoms with Crippen LogP contribution in [0.15, 0.2) is 30.4 Å². The maximum atomic E-state index is 5.39. The van der Waals surface area contributed by atoms with E-state index in [1.165, 1.54) is 32.1 Å². The largest absolute Gasteiger partial charge is 0.497 e. The van der Waals surface area contributed by atoms with Crippen molar-refractivity contribution in [1.29, 1.82) is 0 Å². The van der Waals surface area contributed by atoms with E-state index < -0.39 is 0 Å². The van der Waals surface area contributed by atoms with Crippen molar-refractivity contribution in [2.75, 3.05) is 7.11 Å². The molecule has 0 heterocycles. The predicted octanol–water partition coefficient (Wildman–Crippen LogP) is 4.72. The third-order valence-corrected chi connectivity index (χ3v) is 6.26. The SMILES string of the molecule is COc1ccc2c(c1)CCC1C2CCC2(C)C=CCC12. The Kier molecular flexibility index (Phi) is 2.73. The van der Waals surface area contributed by atoms with Crippen molar-refractivity contribution in [3.63, 3.8) is 0 Å². The van der Waals surface area contributed by atoms with E-state index in [2.05, 4.69) is 37.3 Å². The second kappa shape index (κ2) is 4.38. The van der Waals surface area contributed by atoms with Gasteiger partial charge in [-0.3, -0.25) is 0 Å². The maximum absolute atomic E-state index is 5.39. The Morgan fingerprint density at radius 1 is 1.25 bits per heavy atom. The number of ether oxygens (including phenoxy) is 1. The lowest BCUT2D eigenvalue weighted by Gasteiger charge is -2.49. The number of aryl methyl sites for hydroxylation is 1. The minimum Gasteiger partial charge on any atom is -0.497 e. The molecular weight excluding hydrogens is 244 g/mol. The molecule has 0 aromatic heterocycles. The molecule has 0 N–H and O–H groups in total. The molecule has 1 aromatic rings. The van der Waals surface area contributed by atoms with Crippen LogP contribution in [-0.4, -0.2) is 7.11 Å². The minimum atomic E-state index is 0.491. The number of allylic oxidation sites excluding steroid dienone is 2. The fraction of sp³-hybridized carbons (Fsp3) is 0.579. The zero-order valence-corrected chi connectivity index (χ0v) is 12.6. The average Bonchev–Trinajstić information content (AvgIpc) is 2.88. The lowest BCUT2D eigenvalue weighted by atomic mass is 9.56. The summed E-state index contributed by atoms with van der Waals surface area (Å²) in [5, 5.41) is 0. The summed E-state index contributed by atoms with van der Waals surface area (Å²) in [4.78, 5) is 0. The summed E-state index contributed by atoms with van der Waals surface area (Å²) in [5.41, 5.74) is 3.65. The monoisotopic (exact) mass is 268 g/mol. The number of fused-ring (bicyclic) bond motifs is 5. The fourth-order valence-electron chi connectivity index (χ4n) is 5.17. The summed E-state index contributed by atoms with van der Waals surface area (Å²) in [6.07, 6.45) is 11.6. The Bertz CT molecular complexity index is 559. The first-order valence-corrected chi connectivity index (χ1v) is 8.06. The van der Waals surface area contributed by atoms with Gasteiger partial charge in [-0.15, -0.1) is 0 Å². The third kappa shape index (κ3) is 1.68. The molecule has 1 heteroatoms. The van der Waals surface area contributed by atoms with E-state index in [1.807, 2.05) is 0 Å². The van der Waals surface area contributed by atoms with Crippen LogP contribution in [0.2, 0.25) is 0 Å². The van der Waals surface area contributed by atoms with Crippen molar-refractivity contribution in [3.8, 4) is 5.75 Å². The van der Waals surface area contributed by atoms with Crippen LogP contribution in [0.3, 0.4) is 0 Å². The summed E-state index contributed by atoms with van der Waals surface area (Å²) < 4.78 is 5.39. The summed E-state index contributed by atoms with van der Waals surface area (Å²) in [5.74, 6) is 3.59. The number of hydrogen-bond donors (Lipinski definition) is 0. The third-order valence-electron chi connectivity index (χ3n) is 6.26. The fourth-order valence-corrected chi connectivity index (χ4v) is 5.17. The number of benzene rings is 1. The van der Waals surface area contributed by atoms with E-state index in [0.717, 1.165) is 23.5 Å². The van der Waals surface area contributed by atoms with E-state index in [0.29, 0.717) is 5.41 Å². The molecule has 0 radical (unpaired) electrons. The molecule has 1 fully saturated rings. The van der Waals surface area contributed by atoms with E-state index in [1.54, 1.807) is 18.2 Å². The molecule has 4 unspecified atom stereocenters. The predicted molar refractivity (Wildman–Crippen MR) is 82.1 cm³/mol. The van der Waals surface area contributed by atoms with Gasteiger partial charge in [0.25, 0.3) is 0 Å². The van der Waals surface area contributed by atoms with Gasteiger partial charge in [0, 0.05) is 0 Å². The first-order chi connectivity index (χ1) is 9.71. The molecule has 0 saturated heterocycles. The normalized spacial score (nSPS) is 38.0. The molecule has 1 saturated carbocycles. The number of rotatable bonds is 1. The quantitative estimate of drug-likeness (QED) is 0.670. The molecule has 0 bridgehead atoms. The summed E-state index contributed by atoms with van der Waals surface area (Å²) >= 11 is 0. The van der Waals surface area contributed by atoms with Crippen LogP contribution < -0.4 is 4.74 Å². The molecule has 1 aromatic carbocycles. The Hall–Kier alpha value is -1.24. The van der Waals surface area contributed by atoms with Gasteiger partial charge in [-0.1, -0.05) is 25.1 Å². The van der Waals surface area contributed by atoms with Crippen LogP contribution in [0.4, 0.5) is 0 Å². The first-order valence-electron chi connectivity index (χ1n) is 8.06. The van der Waals surface area contributed by atoms with Gasteiger partial charge in [-0.05, 0) is 78.5 Å². The molecule has 1 nitrogen and oxygen atoms in total. The summed E-state index contributed by atoms with van der Waals surface area (Å²) in [7, 11) is 1.77. The van der Waals surface area contributed by atoms with E-state index >= 15 is 0 Å². The average molecular weight is 268 g/mol. The molecule has 20 heavy (non-hydrogen) atoms. The van der Waals surface area contributed by atoms with Gasteiger partial charge >= 0.3 is 0 Å². The standard InChI is InChI=1S/C19H24O/c1-19-10-3-4-18(19)17-7-5-13-12-14(20-2)6-8-15(13)16(17)9-11-19/h3,6,8,10,12,16-18H,4-5,7,9,11H2,1-2H3. The Labute approximate surface area is 122 Å². The molecule has 0 aliphatic heterocycles. The minimum absolute atomic E-state index is 0.491. The van der Waals surface area contributed by atoms with Crippen molar-refractivity contribution in [2.45, 2.75) is 44.9 Å². The summed E-state index contributed by atoms with van der Waals surface area (Å²) in [6, 6.07) is 6.77. The summed E-state index contributed by atoms with van der Waals surface area (Å²) in [6.45, 7) is 2.49. The molecule has 0 spiro atoms. The highest BCUT2D eigenvalue weighted by atomic mass is 16.5.